The van der Waals surface area contributed by atoms with Crippen LogP contribution < -0.4 is 10.2 Å². The summed E-state index contributed by atoms with van der Waals surface area (Å²) in [6.45, 7) is 13.1. The first kappa shape index (κ1) is 21.6. The van der Waals surface area contributed by atoms with Crippen LogP contribution in [0.5, 0.6) is 0 Å². The molecule has 7 nitrogen and oxygen atoms in total. The number of hydrogen-bond acceptors (Lipinski definition) is 5. The molecule has 3 aromatic rings. The quantitative estimate of drug-likeness (QED) is 0.593. The Bertz CT molecular complexity index is 1120. The predicted octanol–water partition coefficient (Wildman–Crippen LogP) is 5.30. The number of fused-ring (bicyclic) bond motifs is 1. The van der Waals surface area contributed by atoms with Crippen LogP contribution in [-0.2, 0) is 4.74 Å². The lowest BCUT2D eigenvalue weighted by molar-refractivity contribution is 0.0509. The van der Waals surface area contributed by atoms with Gasteiger partial charge in [-0.3, -0.25) is 4.57 Å². The van der Waals surface area contributed by atoms with E-state index >= 15 is 0 Å². The van der Waals surface area contributed by atoms with E-state index in [1.54, 1.807) is 0 Å². The van der Waals surface area contributed by atoms with Crippen molar-refractivity contribution in [1.82, 2.24) is 15.0 Å². The number of hydrogen-bond donors (Lipinski definition) is 1. The van der Waals surface area contributed by atoms with Gasteiger partial charge < -0.3 is 19.5 Å². The second-order valence-corrected chi connectivity index (χ2v) is 9.64. The molecule has 8 heteroatoms. The number of benzene rings is 1. The molecule has 0 bridgehead atoms. The van der Waals surface area contributed by atoms with E-state index < -0.39 is 11.7 Å². The maximum Gasteiger partial charge on any atom is 0.407 e. The summed E-state index contributed by atoms with van der Waals surface area (Å²) in [7, 11) is 0. The molecule has 0 aliphatic carbocycles. The molecule has 0 radical (unpaired) electrons. The van der Waals surface area contributed by atoms with Crippen molar-refractivity contribution in [1.29, 1.82) is 0 Å². The van der Waals surface area contributed by atoms with Crippen molar-refractivity contribution in [3.63, 3.8) is 0 Å². The van der Waals surface area contributed by atoms with Gasteiger partial charge in [0.1, 0.15) is 5.60 Å². The Morgan fingerprint density at radius 2 is 1.94 bits per heavy atom. The molecule has 31 heavy (non-hydrogen) atoms. The molecule has 1 aliphatic rings. The van der Waals surface area contributed by atoms with Crippen LogP contribution in [0, 0.1) is 20.8 Å². The van der Waals surface area contributed by atoms with Crippen molar-refractivity contribution in [3.05, 3.63) is 40.2 Å². The van der Waals surface area contributed by atoms with Crippen molar-refractivity contribution in [2.45, 2.75) is 59.6 Å². The lowest BCUT2D eigenvalue weighted by Gasteiger charge is -2.22. The summed E-state index contributed by atoms with van der Waals surface area (Å²) in [5, 5.41) is 8.81. The third kappa shape index (κ3) is 4.11. The van der Waals surface area contributed by atoms with E-state index in [4.69, 9.17) is 20.9 Å². The van der Waals surface area contributed by atoms with Crippen LogP contribution in [-0.4, -0.2) is 40.5 Å². The standard InChI is InChI=1S/C23H29ClN4O3/c1-13-11-17(27-10-9-16(12-27)25-22(29)30-23(4,5)6)20-18(19(13)24)21(26-31-20)28-14(2)7-8-15(28)3/h7-8,11,16H,9-10,12H2,1-6H3,(H,25,29)/t16-/m1/s1. The van der Waals surface area contributed by atoms with E-state index in [1.165, 1.54) is 0 Å². The number of alkyl carbamates (subject to hydrolysis) is 1. The molecule has 1 aromatic carbocycles. The van der Waals surface area contributed by atoms with Gasteiger partial charge in [0.2, 0.25) is 0 Å². The van der Waals surface area contributed by atoms with Crippen molar-refractivity contribution < 1.29 is 14.1 Å². The Kier molecular flexibility index (Phi) is 5.41. The molecular weight excluding hydrogens is 416 g/mol. The average molecular weight is 445 g/mol. The fourth-order valence-corrected chi connectivity index (χ4v) is 4.37. The summed E-state index contributed by atoms with van der Waals surface area (Å²) in [5.74, 6) is 0.701. The molecule has 4 rings (SSSR count). The fraction of sp³-hybridized carbons (Fsp3) is 0.478. The van der Waals surface area contributed by atoms with Gasteiger partial charge in [-0.15, -0.1) is 0 Å². The number of aryl methyl sites for hydroxylation is 3. The highest BCUT2D eigenvalue weighted by Gasteiger charge is 2.30. The molecule has 1 amide bonds. The summed E-state index contributed by atoms with van der Waals surface area (Å²) in [4.78, 5) is 14.4. The molecule has 0 unspecified atom stereocenters. The van der Waals surface area contributed by atoms with Crippen LogP contribution >= 0.6 is 11.6 Å². The summed E-state index contributed by atoms with van der Waals surface area (Å²) in [5.41, 5.74) is 4.17. The van der Waals surface area contributed by atoms with E-state index in [0.29, 0.717) is 23.0 Å². The van der Waals surface area contributed by atoms with Crippen LogP contribution in [0.4, 0.5) is 10.5 Å². The molecule has 3 heterocycles. The minimum absolute atomic E-state index is 0.00258. The van der Waals surface area contributed by atoms with Crippen LogP contribution in [0.1, 0.15) is 44.1 Å². The van der Waals surface area contributed by atoms with E-state index in [0.717, 1.165) is 41.0 Å². The number of carbonyl (C=O) groups excluding carboxylic acids is 1. The Morgan fingerprint density at radius 3 is 2.58 bits per heavy atom. The molecule has 2 aromatic heterocycles. The molecule has 1 fully saturated rings. The summed E-state index contributed by atoms with van der Waals surface area (Å²) in [6.07, 6.45) is 0.427. The molecular formula is C23H29ClN4O3. The monoisotopic (exact) mass is 444 g/mol. The third-order valence-corrected chi connectivity index (χ3v) is 6.05. The van der Waals surface area contributed by atoms with Crippen molar-refractivity contribution in [3.8, 4) is 5.82 Å². The maximum atomic E-state index is 12.2. The van der Waals surface area contributed by atoms with Crippen LogP contribution in [0.3, 0.4) is 0 Å². The van der Waals surface area contributed by atoms with Gasteiger partial charge in [-0.25, -0.2) is 4.79 Å². The number of carbonyl (C=O) groups is 1. The van der Waals surface area contributed by atoms with Gasteiger partial charge in [0.05, 0.1) is 22.1 Å². The zero-order valence-corrected chi connectivity index (χ0v) is 19.6. The van der Waals surface area contributed by atoms with Gasteiger partial charge in [0, 0.05) is 24.5 Å². The zero-order valence-electron chi connectivity index (χ0n) is 18.9. The number of anilines is 1. The smallest absolute Gasteiger partial charge is 0.407 e. The average Bonchev–Trinajstić information content (AvgIpc) is 3.36. The summed E-state index contributed by atoms with van der Waals surface area (Å²) < 4.78 is 13.3. The first-order valence-electron chi connectivity index (χ1n) is 10.5. The van der Waals surface area contributed by atoms with Crippen LogP contribution in [0.2, 0.25) is 5.02 Å². The molecule has 0 spiro atoms. The first-order valence-corrected chi connectivity index (χ1v) is 10.9. The third-order valence-electron chi connectivity index (χ3n) is 5.56. The number of halogens is 1. The first-order chi connectivity index (χ1) is 14.5. The number of aromatic nitrogens is 2. The highest BCUT2D eigenvalue weighted by Crippen LogP contribution is 2.40. The normalized spacial score (nSPS) is 16.9. The molecule has 0 saturated carbocycles. The molecule has 1 atom stereocenters. The number of ether oxygens (including phenoxy) is 1. The van der Waals surface area contributed by atoms with E-state index in [-0.39, 0.29) is 6.04 Å². The number of nitrogens with one attached hydrogen (secondary N) is 1. The SMILES string of the molecule is Cc1cc(N2CC[C@@H](NC(=O)OC(C)(C)C)C2)c2onc(-n3c(C)ccc3C)c2c1Cl. The minimum atomic E-state index is -0.521. The van der Waals surface area contributed by atoms with Crippen molar-refractivity contribution in [2.75, 3.05) is 18.0 Å². The highest BCUT2D eigenvalue weighted by molar-refractivity contribution is 6.37. The Morgan fingerprint density at radius 1 is 1.26 bits per heavy atom. The molecule has 1 aliphatic heterocycles. The predicted molar refractivity (Wildman–Crippen MR) is 123 cm³/mol. The topological polar surface area (TPSA) is 72.5 Å². The largest absolute Gasteiger partial charge is 0.444 e. The molecule has 166 valence electrons. The van der Waals surface area contributed by atoms with E-state index in [2.05, 4.69) is 19.9 Å². The van der Waals surface area contributed by atoms with Crippen LogP contribution in [0.25, 0.3) is 16.8 Å². The fourth-order valence-electron chi connectivity index (χ4n) is 4.15. The molecule has 1 saturated heterocycles. The number of nitrogens with zero attached hydrogens (tertiary/aromatic N) is 3. The minimum Gasteiger partial charge on any atom is -0.444 e. The highest BCUT2D eigenvalue weighted by atomic mass is 35.5. The zero-order chi connectivity index (χ0) is 22.5. The summed E-state index contributed by atoms with van der Waals surface area (Å²) >= 11 is 6.73. The van der Waals surface area contributed by atoms with Gasteiger partial charge in [-0.1, -0.05) is 16.8 Å². The molecule has 1 N–H and O–H groups in total. The van der Waals surface area contributed by atoms with Gasteiger partial charge in [-0.05, 0) is 71.7 Å². The number of rotatable bonds is 3. The van der Waals surface area contributed by atoms with Gasteiger partial charge in [0.15, 0.2) is 11.4 Å². The Labute approximate surface area is 187 Å². The van der Waals surface area contributed by atoms with Crippen LogP contribution in [0.15, 0.2) is 22.7 Å². The maximum absolute atomic E-state index is 12.2. The van der Waals surface area contributed by atoms with E-state index in [1.807, 2.05) is 59.7 Å². The second-order valence-electron chi connectivity index (χ2n) is 9.27. The Hall–Kier alpha value is -2.67. The Balaban J connectivity index is 1.65. The number of amides is 1. The lowest BCUT2D eigenvalue weighted by atomic mass is 10.1. The van der Waals surface area contributed by atoms with E-state index in [9.17, 15) is 4.79 Å². The van der Waals surface area contributed by atoms with Gasteiger partial charge in [-0.2, -0.15) is 0 Å². The second kappa shape index (κ2) is 7.79. The van der Waals surface area contributed by atoms with Gasteiger partial charge in [0.25, 0.3) is 0 Å². The lowest BCUT2D eigenvalue weighted by Crippen LogP contribution is -2.40. The van der Waals surface area contributed by atoms with Gasteiger partial charge >= 0.3 is 6.09 Å². The summed E-state index contributed by atoms with van der Waals surface area (Å²) in [6, 6.07) is 6.13. The van der Waals surface area contributed by atoms with Crippen molar-refractivity contribution in [2.24, 2.45) is 0 Å². The van der Waals surface area contributed by atoms with Crippen molar-refractivity contribution >= 4 is 34.4 Å².